The number of hydrogen-bond acceptors (Lipinski definition) is 3. The summed E-state index contributed by atoms with van der Waals surface area (Å²) in [6, 6.07) is 9.12. The minimum atomic E-state index is 0.419. The van der Waals surface area contributed by atoms with E-state index in [-0.39, 0.29) is 0 Å². The maximum Gasteiger partial charge on any atom is 0.0162 e. The fraction of sp³-hybridized carbons (Fsp3) is 0.500. The van der Waals surface area contributed by atoms with Gasteiger partial charge in [-0.2, -0.15) is 0 Å². The predicted octanol–water partition coefficient (Wildman–Crippen LogP) is 1.81. The van der Waals surface area contributed by atoms with E-state index >= 15 is 0 Å². The van der Waals surface area contributed by atoms with E-state index in [0.717, 1.165) is 6.54 Å². The molecule has 0 aliphatic carbocycles. The van der Waals surface area contributed by atoms with Gasteiger partial charge in [-0.05, 0) is 18.6 Å². The molecule has 0 aromatic heterocycles. The molecule has 0 spiro atoms. The molecule has 1 aromatic rings. The molecular weight excluding hydrogens is 204 g/mol. The smallest absolute Gasteiger partial charge is 0.0162 e. The molecule has 1 heterocycles. The third-order valence-corrected chi connectivity index (χ3v) is 4.12. The maximum absolute atomic E-state index is 5.58. The SMILES string of the molecule is C[C@@H](CN)NCC1CSc2ccccc21. The third kappa shape index (κ3) is 2.54. The molecule has 1 aliphatic rings. The zero-order valence-electron chi connectivity index (χ0n) is 9.07. The predicted molar refractivity (Wildman–Crippen MR) is 66.4 cm³/mol. The average Bonchev–Trinajstić information content (AvgIpc) is 2.69. The first-order chi connectivity index (χ1) is 7.31. The van der Waals surface area contributed by atoms with E-state index in [2.05, 4.69) is 36.5 Å². The lowest BCUT2D eigenvalue weighted by Gasteiger charge is -2.15. The molecule has 1 aromatic carbocycles. The van der Waals surface area contributed by atoms with Crippen LogP contribution in [0.4, 0.5) is 0 Å². The summed E-state index contributed by atoms with van der Waals surface area (Å²) in [6.45, 7) is 3.89. The lowest BCUT2D eigenvalue weighted by atomic mass is 10.0. The Kier molecular flexibility index (Phi) is 3.67. The molecule has 1 unspecified atom stereocenters. The molecule has 2 rings (SSSR count). The number of nitrogens with one attached hydrogen (secondary N) is 1. The monoisotopic (exact) mass is 222 g/mol. The van der Waals surface area contributed by atoms with Crippen LogP contribution < -0.4 is 11.1 Å². The average molecular weight is 222 g/mol. The van der Waals surface area contributed by atoms with Crippen molar-refractivity contribution in [2.24, 2.45) is 5.73 Å². The highest BCUT2D eigenvalue weighted by Crippen LogP contribution is 2.38. The lowest BCUT2D eigenvalue weighted by molar-refractivity contribution is 0.528. The Balaban J connectivity index is 1.96. The molecule has 2 nitrogen and oxygen atoms in total. The van der Waals surface area contributed by atoms with Gasteiger partial charge < -0.3 is 11.1 Å². The number of benzene rings is 1. The zero-order chi connectivity index (χ0) is 10.7. The Morgan fingerprint density at radius 2 is 2.33 bits per heavy atom. The summed E-state index contributed by atoms with van der Waals surface area (Å²) >= 11 is 1.96. The van der Waals surface area contributed by atoms with E-state index in [1.165, 1.54) is 16.2 Å². The molecule has 0 saturated heterocycles. The standard InChI is InChI=1S/C12H18N2S/c1-9(6-13)14-7-10-8-15-12-5-3-2-4-11(10)12/h2-5,9-10,14H,6-8,13H2,1H3/t9-,10?/m0/s1. The quantitative estimate of drug-likeness (QED) is 0.816. The van der Waals surface area contributed by atoms with Crippen LogP contribution in [0.25, 0.3) is 0 Å². The summed E-state index contributed by atoms with van der Waals surface area (Å²) in [5.74, 6) is 1.85. The Bertz CT molecular complexity index is 327. The fourth-order valence-electron chi connectivity index (χ4n) is 1.83. The second kappa shape index (κ2) is 5.01. The van der Waals surface area contributed by atoms with Crippen LogP contribution in [0.2, 0.25) is 0 Å². The van der Waals surface area contributed by atoms with Crippen molar-refractivity contribution < 1.29 is 0 Å². The zero-order valence-corrected chi connectivity index (χ0v) is 9.89. The summed E-state index contributed by atoms with van der Waals surface area (Å²) in [6.07, 6.45) is 0. The van der Waals surface area contributed by atoms with Crippen LogP contribution in [0.3, 0.4) is 0 Å². The van der Waals surface area contributed by atoms with E-state index in [0.29, 0.717) is 18.5 Å². The minimum Gasteiger partial charge on any atom is -0.329 e. The fourth-order valence-corrected chi connectivity index (χ4v) is 3.08. The third-order valence-electron chi connectivity index (χ3n) is 2.87. The molecular formula is C12H18N2S. The summed E-state index contributed by atoms with van der Waals surface area (Å²) in [4.78, 5) is 1.45. The van der Waals surface area contributed by atoms with Crippen molar-refractivity contribution in [2.45, 2.75) is 23.8 Å². The van der Waals surface area contributed by atoms with Gasteiger partial charge in [0.15, 0.2) is 0 Å². The molecule has 15 heavy (non-hydrogen) atoms. The Hall–Kier alpha value is -0.510. The van der Waals surface area contributed by atoms with Gasteiger partial charge in [-0.1, -0.05) is 18.2 Å². The van der Waals surface area contributed by atoms with Crippen molar-refractivity contribution >= 4 is 11.8 Å². The second-order valence-corrected chi connectivity index (χ2v) is 5.15. The minimum absolute atomic E-state index is 0.419. The number of hydrogen-bond donors (Lipinski definition) is 2. The van der Waals surface area contributed by atoms with Crippen molar-refractivity contribution in [3.8, 4) is 0 Å². The second-order valence-electron chi connectivity index (χ2n) is 4.09. The molecule has 2 atom stereocenters. The van der Waals surface area contributed by atoms with Gasteiger partial charge in [-0.15, -0.1) is 11.8 Å². The van der Waals surface area contributed by atoms with E-state index in [4.69, 9.17) is 5.73 Å². The first kappa shape index (κ1) is 11.0. The van der Waals surface area contributed by atoms with Gasteiger partial charge in [0.1, 0.15) is 0 Å². The van der Waals surface area contributed by atoms with Crippen molar-refractivity contribution in [1.82, 2.24) is 5.32 Å². The molecule has 1 aliphatic heterocycles. The summed E-state index contributed by atoms with van der Waals surface area (Å²) in [7, 11) is 0. The van der Waals surface area contributed by atoms with Gasteiger partial charge in [-0.25, -0.2) is 0 Å². The number of fused-ring (bicyclic) bond motifs is 1. The van der Waals surface area contributed by atoms with Crippen molar-refractivity contribution in [2.75, 3.05) is 18.8 Å². The van der Waals surface area contributed by atoms with Crippen molar-refractivity contribution in [3.05, 3.63) is 29.8 Å². The van der Waals surface area contributed by atoms with Gasteiger partial charge in [-0.3, -0.25) is 0 Å². The first-order valence-electron chi connectivity index (χ1n) is 5.46. The van der Waals surface area contributed by atoms with Crippen molar-refractivity contribution in [1.29, 1.82) is 0 Å². The molecule has 0 bridgehead atoms. The van der Waals surface area contributed by atoms with Crippen LogP contribution in [-0.4, -0.2) is 24.9 Å². The van der Waals surface area contributed by atoms with Crippen LogP contribution in [0, 0.1) is 0 Å². The van der Waals surface area contributed by atoms with Gasteiger partial charge in [0, 0.05) is 35.7 Å². The molecule has 0 saturated carbocycles. The molecule has 0 radical (unpaired) electrons. The van der Waals surface area contributed by atoms with Crippen LogP contribution >= 0.6 is 11.8 Å². The van der Waals surface area contributed by atoms with Gasteiger partial charge >= 0.3 is 0 Å². The Labute approximate surface area is 95.6 Å². The van der Waals surface area contributed by atoms with E-state index in [9.17, 15) is 0 Å². The van der Waals surface area contributed by atoms with E-state index in [1.54, 1.807) is 0 Å². The summed E-state index contributed by atoms with van der Waals surface area (Å²) < 4.78 is 0. The van der Waals surface area contributed by atoms with Gasteiger partial charge in [0.25, 0.3) is 0 Å². The van der Waals surface area contributed by atoms with E-state index in [1.807, 2.05) is 11.8 Å². The van der Waals surface area contributed by atoms with Crippen LogP contribution in [-0.2, 0) is 0 Å². The Morgan fingerprint density at radius 3 is 3.13 bits per heavy atom. The highest BCUT2D eigenvalue weighted by Gasteiger charge is 2.22. The van der Waals surface area contributed by atoms with Crippen LogP contribution in [0.5, 0.6) is 0 Å². The van der Waals surface area contributed by atoms with Crippen LogP contribution in [0.1, 0.15) is 18.4 Å². The normalized spacial score (nSPS) is 21.3. The molecule has 82 valence electrons. The molecule has 3 N–H and O–H groups in total. The van der Waals surface area contributed by atoms with Gasteiger partial charge in [0.05, 0.1) is 0 Å². The summed E-state index contributed by atoms with van der Waals surface area (Å²) in [5, 5.41) is 3.48. The van der Waals surface area contributed by atoms with Crippen LogP contribution in [0.15, 0.2) is 29.2 Å². The number of rotatable bonds is 4. The highest BCUT2D eigenvalue weighted by atomic mass is 32.2. The molecule has 3 heteroatoms. The highest BCUT2D eigenvalue weighted by molar-refractivity contribution is 7.99. The maximum atomic E-state index is 5.58. The molecule has 0 fully saturated rings. The van der Waals surface area contributed by atoms with Gasteiger partial charge in [0.2, 0.25) is 0 Å². The molecule has 0 amide bonds. The largest absolute Gasteiger partial charge is 0.329 e. The Morgan fingerprint density at radius 1 is 1.53 bits per heavy atom. The van der Waals surface area contributed by atoms with E-state index < -0.39 is 0 Å². The number of thioether (sulfide) groups is 1. The summed E-state index contributed by atoms with van der Waals surface area (Å²) in [5.41, 5.74) is 7.08. The topological polar surface area (TPSA) is 38.0 Å². The number of nitrogens with two attached hydrogens (primary N) is 1. The lowest BCUT2D eigenvalue weighted by Crippen LogP contribution is -2.36. The van der Waals surface area contributed by atoms with Crippen molar-refractivity contribution in [3.63, 3.8) is 0 Å². The first-order valence-corrected chi connectivity index (χ1v) is 6.45.